The van der Waals surface area contributed by atoms with Gasteiger partial charge in [0.2, 0.25) is 0 Å². The number of hydrogen-bond acceptors (Lipinski definition) is 9. The number of carbonyl (C=O) groups excluding carboxylic acids is 2. The molecule has 3 aromatic heterocycles. The lowest BCUT2D eigenvalue weighted by Gasteiger charge is -2.16. The zero-order valence-corrected chi connectivity index (χ0v) is 21.3. The first-order valence-electron chi connectivity index (χ1n) is 12.4. The Kier molecular flexibility index (Phi) is 5.90. The van der Waals surface area contributed by atoms with E-state index in [1.165, 1.54) is 12.1 Å². The summed E-state index contributed by atoms with van der Waals surface area (Å²) in [5.74, 6) is -2.88. The molecule has 13 heteroatoms. The van der Waals surface area contributed by atoms with Gasteiger partial charge in [-0.25, -0.2) is 24.0 Å². The number of nitrogens with one attached hydrogen (secondary N) is 2. The molecule has 0 aliphatic heterocycles. The predicted octanol–water partition coefficient (Wildman–Crippen LogP) is 2.49. The Morgan fingerprint density at radius 1 is 1.10 bits per heavy atom. The second-order valence-electron chi connectivity index (χ2n) is 9.50. The molecular formula is C27H22N6O7. The Balaban J connectivity index is 1.25. The topological polar surface area (TPSA) is 182 Å². The highest BCUT2D eigenvalue weighted by molar-refractivity contribution is 5.98. The first kappa shape index (κ1) is 25.0. The first-order valence-corrected chi connectivity index (χ1v) is 12.4. The fourth-order valence-electron chi connectivity index (χ4n) is 5.10. The summed E-state index contributed by atoms with van der Waals surface area (Å²) >= 11 is 0. The second kappa shape index (κ2) is 9.45. The molecule has 1 aliphatic carbocycles. The number of carbonyl (C=O) groups is 3. The molecule has 5 aromatic rings. The van der Waals surface area contributed by atoms with E-state index >= 15 is 0 Å². The van der Waals surface area contributed by atoms with Gasteiger partial charge in [-0.2, -0.15) is 0 Å². The zero-order chi connectivity index (χ0) is 28.1. The van der Waals surface area contributed by atoms with Gasteiger partial charge in [0.25, 0.3) is 17.6 Å². The highest BCUT2D eigenvalue weighted by Crippen LogP contribution is 2.35. The predicted molar refractivity (Wildman–Crippen MR) is 138 cm³/mol. The molecule has 0 fully saturated rings. The summed E-state index contributed by atoms with van der Waals surface area (Å²) in [7, 11) is 0. The van der Waals surface area contributed by atoms with Crippen LogP contribution in [-0.2, 0) is 13.0 Å². The van der Waals surface area contributed by atoms with Crippen LogP contribution in [0.4, 0.5) is 0 Å². The van der Waals surface area contributed by atoms with E-state index in [2.05, 4.69) is 25.8 Å². The summed E-state index contributed by atoms with van der Waals surface area (Å²) in [6.07, 6.45) is 1.13. The zero-order valence-electron chi connectivity index (χ0n) is 21.3. The van der Waals surface area contributed by atoms with Gasteiger partial charge in [-0.15, -0.1) is 0 Å². The van der Waals surface area contributed by atoms with Crippen molar-refractivity contribution in [3.05, 3.63) is 92.0 Å². The molecule has 13 nitrogen and oxygen atoms in total. The number of fused-ring (bicyclic) bond motifs is 3. The van der Waals surface area contributed by atoms with Crippen LogP contribution in [0.15, 0.2) is 50.1 Å². The molecular weight excluding hydrogens is 520 g/mol. The third kappa shape index (κ3) is 4.26. The number of rotatable bonds is 6. The van der Waals surface area contributed by atoms with Crippen molar-refractivity contribution in [3.63, 3.8) is 0 Å². The normalized spacial score (nSPS) is 14.4. The van der Waals surface area contributed by atoms with Crippen molar-refractivity contribution in [3.8, 4) is 0 Å². The van der Waals surface area contributed by atoms with Gasteiger partial charge in [0.05, 0.1) is 11.6 Å². The third-order valence-corrected chi connectivity index (χ3v) is 7.03. The molecule has 3 heterocycles. The van der Waals surface area contributed by atoms with Gasteiger partial charge >= 0.3 is 11.7 Å². The highest BCUT2D eigenvalue weighted by atomic mass is 16.5. The summed E-state index contributed by atoms with van der Waals surface area (Å²) in [5, 5.41) is 18.6. The third-order valence-electron chi connectivity index (χ3n) is 7.03. The number of oxazole rings is 1. The maximum atomic E-state index is 13.4. The van der Waals surface area contributed by atoms with Crippen LogP contribution < -0.4 is 16.4 Å². The minimum Gasteiger partial charge on any atom is -0.478 e. The smallest absolute Gasteiger partial charge is 0.448 e. The number of carboxylic acid groups (broad SMARTS) is 1. The Bertz CT molecular complexity index is 1920. The lowest BCUT2D eigenvalue weighted by Crippen LogP contribution is -2.32. The Hall–Kier alpha value is -5.33. The van der Waals surface area contributed by atoms with Gasteiger partial charge < -0.3 is 20.2 Å². The van der Waals surface area contributed by atoms with Crippen molar-refractivity contribution in [2.45, 2.75) is 39.3 Å². The second-order valence-corrected chi connectivity index (χ2v) is 9.50. The monoisotopic (exact) mass is 542 g/mol. The minimum atomic E-state index is -1.02. The lowest BCUT2D eigenvalue weighted by molar-refractivity contribution is 0.0695. The lowest BCUT2D eigenvalue weighted by atomic mass is 9.98. The van der Waals surface area contributed by atoms with Crippen LogP contribution in [0.2, 0.25) is 0 Å². The van der Waals surface area contributed by atoms with E-state index in [1.54, 1.807) is 38.1 Å². The van der Waals surface area contributed by atoms with Crippen LogP contribution in [0.1, 0.15) is 71.9 Å². The standard InChI is InChI=1S/C27H22N6O7/c1-12-15-6-7-18(17(15)5-4-16(12)25(36)37)30-24(35)21-10-20(31-26-32-40-27(38)33(21)26)23(34)28-11-14-3-8-22-19(9-14)29-13(2)39-22/h3-5,8-10,18H,6-7,11H2,1-2H3,(H,28,34)(H,30,35)(H,36,37)/t18-/m0/s1. The molecule has 0 bridgehead atoms. The molecule has 0 saturated heterocycles. The molecule has 1 aliphatic rings. The molecule has 0 saturated carbocycles. The van der Waals surface area contributed by atoms with Gasteiger partial charge in [0.1, 0.15) is 16.9 Å². The van der Waals surface area contributed by atoms with Crippen LogP contribution >= 0.6 is 0 Å². The number of aromatic nitrogens is 4. The highest BCUT2D eigenvalue weighted by Gasteiger charge is 2.29. The molecule has 6 rings (SSSR count). The van der Waals surface area contributed by atoms with Crippen molar-refractivity contribution in [1.29, 1.82) is 0 Å². The minimum absolute atomic E-state index is 0.134. The maximum Gasteiger partial charge on any atom is 0.448 e. The molecule has 1 atom stereocenters. The Morgan fingerprint density at radius 3 is 2.73 bits per heavy atom. The number of amides is 2. The number of nitrogens with zero attached hydrogens (tertiary/aromatic N) is 4. The summed E-state index contributed by atoms with van der Waals surface area (Å²) in [6, 6.07) is 9.33. The number of aromatic carboxylic acids is 1. The fourth-order valence-corrected chi connectivity index (χ4v) is 5.10. The molecule has 40 heavy (non-hydrogen) atoms. The van der Waals surface area contributed by atoms with E-state index in [-0.39, 0.29) is 29.3 Å². The molecule has 0 spiro atoms. The molecule has 202 valence electrons. The number of aryl methyl sites for hydroxylation is 1. The van der Waals surface area contributed by atoms with Crippen molar-refractivity contribution >= 4 is 34.7 Å². The van der Waals surface area contributed by atoms with E-state index in [4.69, 9.17) is 8.94 Å². The van der Waals surface area contributed by atoms with Crippen LogP contribution in [0, 0.1) is 13.8 Å². The molecule has 2 aromatic carbocycles. The molecule has 3 N–H and O–H groups in total. The van der Waals surface area contributed by atoms with Gasteiger partial charge in [-0.05, 0) is 71.4 Å². The van der Waals surface area contributed by atoms with E-state index in [0.717, 1.165) is 21.1 Å². The average Bonchev–Trinajstić information content (AvgIpc) is 3.62. The maximum absolute atomic E-state index is 13.4. The van der Waals surface area contributed by atoms with Crippen LogP contribution in [-0.4, -0.2) is 42.4 Å². The van der Waals surface area contributed by atoms with Gasteiger partial charge in [0, 0.05) is 13.5 Å². The first-order chi connectivity index (χ1) is 19.2. The van der Waals surface area contributed by atoms with Gasteiger partial charge in [-0.3, -0.25) is 14.1 Å². The summed E-state index contributed by atoms with van der Waals surface area (Å²) < 4.78 is 11.1. The van der Waals surface area contributed by atoms with Crippen molar-refractivity contribution in [2.75, 3.05) is 0 Å². The van der Waals surface area contributed by atoms with Gasteiger partial charge in [-0.1, -0.05) is 12.1 Å². The van der Waals surface area contributed by atoms with E-state index in [1.807, 2.05) is 0 Å². The van der Waals surface area contributed by atoms with E-state index in [9.17, 15) is 24.3 Å². The van der Waals surface area contributed by atoms with E-state index in [0.29, 0.717) is 35.4 Å². The van der Waals surface area contributed by atoms with E-state index < -0.39 is 29.6 Å². The molecule has 0 unspecified atom stereocenters. The summed E-state index contributed by atoms with van der Waals surface area (Å²) in [4.78, 5) is 58.6. The number of carboxylic acids is 1. The Labute approximate surface area is 224 Å². The van der Waals surface area contributed by atoms with Gasteiger partial charge in [0.15, 0.2) is 11.5 Å². The summed E-state index contributed by atoms with van der Waals surface area (Å²) in [5.41, 5.74) is 4.29. The summed E-state index contributed by atoms with van der Waals surface area (Å²) in [6.45, 7) is 3.64. The average molecular weight is 543 g/mol. The molecule has 0 radical (unpaired) electrons. The largest absolute Gasteiger partial charge is 0.478 e. The van der Waals surface area contributed by atoms with Crippen LogP contribution in [0.25, 0.3) is 16.9 Å². The van der Waals surface area contributed by atoms with Crippen LogP contribution in [0.3, 0.4) is 0 Å². The number of hydrogen-bond donors (Lipinski definition) is 3. The Morgan fingerprint density at radius 2 is 1.93 bits per heavy atom. The van der Waals surface area contributed by atoms with Crippen molar-refractivity contribution < 1.29 is 28.4 Å². The van der Waals surface area contributed by atoms with Crippen molar-refractivity contribution in [2.24, 2.45) is 0 Å². The SMILES string of the molecule is Cc1nc2cc(CNC(=O)c3cc(C(=O)N[C@H]4CCc5c4ccc(C(=O)O)c5C)n4c(=O)onc4n3)ccc2o1. The quantitative estimate of drug-likeness (QED) is 0.288. The molecule has 2 amide bonds. The van der Waals surface area contributed by atoms with Crippen LogP contribution in [0.5, 0.6) is 0 Å². The fraction of sp³-hybridized carbons (Fsp3) is 0.222. The van der Waals surface area contributed by atoms with Crippen molar-refractivity contribution in [1.82, 2.24) is 30.2 Å². The number of benzene rings is 2.